The van der Waals surface area contributed by atoms with Crippen molar-refractivity contribution in [2.75, 3.05) is 6.61 Å². The van der Waals surface area contributed by atoms with Gasteiger partial charge in [0.2, 0.25) is 0 Å². The van der Waals surface area contributed by atoms with Crippen LogP contribution in [0, 0.1) is 17.0 Å². The third kappa shape index (κ3) is 7.29. The summed E-state index contributed by atoms with van der Waals surface area (Å²) in [5, 5.41) is 19.0. The van der Waals surface area contributed by atoms with Crippen LogP contribution >= 0.6 is 15.9 Å². The number of aryl methyl sites for hydroxylation is 1. The van der Waals surface area contributed by atoms with Crippen LogP contribution in [0.2, 0.25) is 0 Å². The summed E-state index contributed by atoms with van der Waals surface area (Å²) < 4.78 is 14.0. The number of nitro groups is 1. The molecule has 0 atom stereocenters. The lowest BCUT2D eigenvalue weighted by Gasteiger charge is -2.14. The monoisotopic (exact) mass is 591 g/mol. The van der Waals surface area contributed by atoms with Crippen molar-refractivity contribution in [3.63, 3.8) is 0 Å². The Labute approximate surface area is 233 Å². The highest BCUT2D eigenvalue weighted by molar-refractivity contribution is 9.10. The van der Waals surface area contributed by atoms with Crippen molar-refractivity contribution in [2.45, 2.75) is 27.0 Å². The Morgan fingerprint density at radius 2 is 1.85 bits per heavy atom. The molecule has 0 aliphatic heterocycles. The Hall–Kier alpha value is -4.51. The molecule has 3 aromatic carbocycles. The zero-order valence-corrected chi connectivity index (χ0v) is 22.9. The van der Waals surface area contributed by atoms with E-state index in [-0.39, 0.29) is 11.7 Å². The Bertz CT molecular complexity index is 1490. The minimum atomic E-state index is -0.526. The summed E-state index contributed by atoms with van der Waals surface area (Å²) in [6, 6.07) is 21.7. The predicted molar refractivity (Wildman–Crippen MR) is 150 cm³/mol. The minimum absolute atomic E-state index is 0.198. The number of nitrogens with zero attached hydrogens (tertiary/aromatic N) is 4. The lowest BCUT2D eigenvalue weighted by Crippen LogP contribution is -2.17. The zero-order chi connectivity index (χ0) is 27.8. The summed E-state index contributed by atoms with van der Waals surface area (Å²) >= 11 is 3.55. The van der Waals surface area contributed by atoms with Gasteiger partial charge in [-0.05, 0) is 75.7 Å². The second kappa shape index (κ2) is 12.8. The van der Waals surface area contributed by atoms with Crippen molar-refractivity contribution in [3.05, 3.63) is 115 Å². The maximum Gasteiger partial charge on any atom is 0.390 e. The molecule has 11 heteroatoms. The molecule has 200 valence electrons. The first-order valence-electron chi connectivity index (χ1n) is 12.1. The molecule has 1 aromatic heterocycles. The van der Waals surface area contributed by atoms with Gasteiger partial charge >= 0.3 is 5.82 Å². The zero-order valence-electron chi connectivity index (χ0n) is 21.3. The van der Waals surface area contributed by atoms with Gasteiger partial charge in [-0.25, -0.2) is 5.43 Å². The molecule has 0 aliphatic carbocycles. The van der Waals surface area contributed by atoms with Crippen molar-refractivity contribution >= 4 is 33.9 Å². The van der Waals surface area contributed by atoms with Crippen LogP contribution in [0.4, 0.5) is 5.82 Å². The fraction of sp³-hybridized carbons (Fsp3) is 0.179. The van der Waals surface area contributed by atoms with Crippen LogP contribution in [0.15, 0.2) is 82.4 Å². The molecule has 1 amide bonds. The maximum atomic E-state index is 12.6. The van der Waals surface area contributed by atoms with E-state index in [9.17, 15) is 14.9 Å². The van der Waals surface area contributed by atoms with Gasteiger partial charge in [-0.15, -0.1) is 0 Å². The number of benzene rings is 3. The molecule has 0 saturated carbocycles. The number of amides is 1. The van der Waals surface area contributed by atoms with Crippen molar-refractivity contribution in [1.29, 1.82) is 0 Å². The average molecular weight is 592 g/mol. The van der Waals surface area contributed by atoms with Gasteiger partial charge in [-0.3, -0.25) is 4.79 Å². The van der Waals surface area contributed by atoms with E-state index in [4.69, 9.17) is 9.47 Å². The van der Waals surface area contributed by atoms with Crippen LogP contribution in [0.3, 0.4) is 0 Å². The largest absolute Gasteiger partial charge is 0.490 e. The van der Waals surface area contributed by atoms with E-state index in [0.717, 1.165) is 11.1 Å². The number of hydrazone groups is 1. The molecular weight excluding hydrogens is 566 g/mol. The van der Waals surface area contributed by atoms with Crippen molar-refractivity contribution in [1.82, 2.24) is 15.2 Å². The molecule has 1 N–H and O–H groups in total. The number of nitrogens with one attached hydrogen (secondary N) is 1. The van der Waals surface area contributed by atoms with Crippen molar-refractivity contribution in [3.8, 4) is 11.5 Å². The third-order valence-corrected chi connectivity index (χ3v) is 6.23. The van der Waals surface area contributed by atoms with Gasteiger partial charge in [0.25, 0.3) is 5.91 Å². The van der Waals surface area contributed by atoms with E-state index in [2.05, 4.69) is 31.6 Å². The summed E-state index contributed by atoms with van der Waals surface area (Å²) in [6.07, 6.45) is 1.52. The molecule has 0 aliphatic rings. The van der Waals surface area contributed by atoms with E-state index >= 15 is 0 Å². The number of hydrogen-bond donors (Lipinski definition) is 1. The van der Waals surface area contributed by atoms with E-state index in [1.807, 2.05) is 43.3 Å². The van der Waals surface area contributed by atoms with Crippen LogP contribution in [0.5, 0.6) is 11.5 Å². The molecule has 4 rings (SSSR count). The Morgan fingerprint density at radius 3 is 2.51 bits per heavy atom. The molecular formula is C28H26BrN5O5. The average Bonchev–Trinajstić information content (AvgIpc) is 3.29. The lowest BCUT2D eigenvalue weighted by atomic mass is 10.1. The van der Waals surface area contributed by atoms with Crippen LogP contribution in [0.1, 0.15) is 39.7 Å². The molecule has 39 heavy (non-hydrogen) atoms. The minimum Gasteiger partial charge on any atom is -0.490 e. The predicted octanol–water partition coefficient (Wildman–Crippen LogP) is 5.65. The Morgan fingerprint density at radius 1 is 1.10 bits per heavy atom. The first-order chi connectivity index (χ1) is 18.8. The van der Waals surface area contributed by atoms with E-state index in [1.54, 1.807) is 41.9 Å². The van der Waals surface area contributed by atoms with Gasteiger partial charge < -0.3 is 19.6 Å². The molecule has 0 spiro atoms. The number of aromatic nitrogens is 2. The van der Waals surface area contributed by atoms with Crippen LogP contribution in [0.25, 0.3) is 0 Å². The number of carbonyl (C=O) groups excluding carboxylic acids is 1. The quantitative estimate of drug-likeness (QED) is 0.137. The second-order valence-corrected chi connectivity index (χ2v) is 9.35. The number of halogens is 1. The van der Waals surface area contributed by atoms with Gasteiger partial charge in [0.15, 0.2) is 11.5 Å². The van der Waals surface area contributed by atoms with Crippen LogP contribution in [-0.4, -0.2) is 33.4 Å². The number of rotatable bonds is 11. The summed E-state index contributed by atoms with van der Waals surface area (Å²) in [5.41, 5.74) is 6.20. The smallest absolute Gasteiger partial charge is 0.390 e. The summed E-state index contributed by atoms with van der Waals surface area (Å²) in [7, 11) is 0. The van der Waals surface area contributed by atoms with Crippen molar-refractivity contribution in [2.24, 2.45) is 5.10 Å². The van der Waals surface area contributed by atoms with Crippen LogP contribution < -0.4 is 14.9 Å². The molecule has 0 saturated heterocycles. The number of carbonyl (C=O) groups is 1. The first kappa shape index (κ1) is 27.5. The molecule has 0 fully saturated rings. The molecule has 10 nitrogen and oxygen atoms in total. The molecule has 0 unspecified atom stereocenters. The molecule has 0 bridgehead atoms. The Kier molecular flexibility index (Phi) is 9.06. The summed E-state index contributed by atoms with van der Waals surface area (Å²) in [4.78, 5) is 23.0. The highest BCUT2D eigenvalue weighted by Gasteiger charge is 2.16. The fourth-order valence-electron chi connectivity index (χ4n) is 3.70. The van der Waals surface area contributed by atoms with Crippen molar-refractivity contribution < 1.29 is 19.2 Å². The van der Waals surface area contributed by atoms with E-state index in [1.165, 1.54) is 12.3 Å². The van der Waals surface area contributed by atoms with Gasteiger partial charge in [-0.1, -0.05) is 42.5 Å². The van der Waals surface area contributed by atoms with E-state index in [0.29, 0.717) is 52.6 Å². The number of ether oxygens (including phenoxy) is 2. The van der Waals surface area contributed by atoms with Gasteiger partial charge in [0.1, 0.15) is 6.61 Å². The summed E-state index contributed by atoms with van der Waals surface area (Å²) in [6.45, 7) is 4.84. The first-order valence-corrected chi connectivity index (χ1v) is 12.9. The molecule has 4 aromatic rings. The highest BCUT2D eigenvalue weighted by atomic mass is 79.9. The molecule has 1 heterocycles. The van der Waals surface area contributed by atoms with Gasteiger partial charge in [-0.2, -0.15) is 9.78 Å². The highest BCUT2D eigenvalue weighted by Crippen LogP contribution is 2.37. The van der Waals surface area contributed by atoms with E-state index < -0.39 is 4.92 Å². The normalized spacial score (nSPS) is 10.9. The van der Waals surface area contributed by atoms with Gasteiger partial charge in [0, 0.05) is 5.56 Å². The second-order valence-electron chi connectivity index (χ2n) is 8.49. The lowest BCUT2D eigenvalue weighted by molar-refractivity contribution is -0.389. The molecule has 0 radical (unpaired) electrons. The maximum absolute atomic E-state index is 12.6. The standard InChI is InChI=1S/C28H26BrN5O5/c1-3-38-25-15-22(14-24(29)27(25)39-18-21-7-5-4-6-8-21)16-30-31-28(35)23-11-9-20(10-12-23)17-33-19(2)13-26(32-33)34(36)37/h4-16H,3,17-18H2,1-2H3,(H,31,35)/b30-16-. The van der Waals surface area contributed by atoms with Crippen LogP contribution in [-0.2, 0) is 13.2 Å². The topological polar surface area (TPSA) is 121 Å². The number of hydrogen-bond acceptors (Lipinski definition) is 7. The Balaban J connectivity index is 1.38. The SMILES string of the molecule is CCOc1cc(/C=N\NC(=O)c2ccc(Cn3nc([N+](=O)[O-])cc3C)cc2)cc(Br)c1OCc1ccccc1. The third-order valence-electron chi connectivity index (χ3n) is 5.64. The van der Waals surface area contributed by atoms with Gasteiger partial charge in [0.05, 0.1) is 40.7 Å². The fourth-order valence-corrected chi connectivity index (χ4v) is 4.28. The summed E-state index contributed by atoms with van der Waals surface area (Å²) in [5.74, 6) is 0.567.